The van der Waals surface area contributed by atoms with Gasteiger partial charge in [-0.2, -0.15) is 0 Å². The Kier molecular flexibility index (Phi) is 5.81. The van der Waals surface area contributed by atoms with Crippen molar-refractivity contribution in [3.8, 4) is 0 Å². The van der Waals surface area contributed by atoms with E-state index in [1.54, 1.807) is 35.5 Å². The molecule has 0 saturated carbocycles. The van der Waals surface area contributed by atoms with E-state index in [2.05, 4.69) is 10.3 Å². The molecule has 0 aliphatic carbocycles. The average Bonchev–Trinajstić information content (AvgIpc) is 2.68. The highest BCUT2D eigenvalue weighted by atomic mass is 19.1. The molecule has 5 heteroatoms. The highest BCUT2D eigenvalue weighted by molar-refractivity contribution is 6.06. The van der Waals surface area contributed by atoms with Crippen molar-refractivity contribution in [2.75, 3.05) is 16.8 Å². The minimum atomic E-state index is -0.260. The van der Waals surface area contributed by atoms with Crippen molar-refractivity contribution in [1.29, 1.82) is 0 Å². The van der Waals surface area contributed by atoms with Crippen LogP contribution in [0.3, 0.4) is 0 Å². The molecular formula is C22H22FN3O. The first-order chi connectivity index (χ1) is 13.1. The lowest BCUT2D eigenvalue weighted by Crippen LogP contribution is -2.30. The van der Waals surface area contributed by atoms with Gasteiger partial charge in [-0.15, -0.1) is 0 Å². The first kappa shape index (κ1) is 18.6. The Labute approximate surface area is 158 Å². The lowest BCUT2D eigenvalue weighted by Gasteiger charge is -2.21. The number of amides is 1. The molecule has 0 saturated heterocycles. The molecule has 0 fully saturated rings. The van der Waals surface area contributed by atoms with Crippen LogP contribution in [0.5, 0.6) is 0 Å². The molecule has 3 rings (SSSR count). The largest absolute Gasteiger partial charge is 0.380 e. The second kappa shape index (κ2) is 8.45. The molecule has 138 valence electrons. The van der Waals surface area contributed by atoms with Crippen LogP contribution in [0.1, 0.15) is 28.4 Å². The number of nitrogens with zero attached hydrogens (tertiary/aromatic N) is 2. The predicted molar refractivity (Wildman–Crippen MR) is 106 cm³/mol. The smallest absolute Gasteiger partial charge is 0.259 e. The minimum Gasteiger partial charge on any atom is -0.380 e. The van der Waals surface area contributed by atoms with Gasteiger partial charge in [0, 0.05) is 31.2 Å². The number of aromatic nitrogens is 1. The molecule has 0 bridgehead atoms. The summed E-state index contributed by atoms with van der Waals surface area (Å²) >= 11 is 0. The third kappa shape index (κ3) is 4.70. The lowest BCUT2D eigenvalue weighted by atomic mass is 10.1. The standard InChI is InChI=1S/C22H22FN3O/c1-3-26(21-6-4-5-16(2)11-21)22(27)18-12-20(15-24-14-18)25-13-17-7-9-19(23)10-8-17/h4-12,14-15,25H,3,13H2,1-2H3. The van der Waals surface area contributed by atoms with E-state index < -0.39 is 0 Å². The van der Waals surface area contributed by atoms with Crippen LogP contribution in [0.4, 0.5) is 15.8 Å². The van der Waals surface area contributed by atoms with Crippen molar-refractivity contribution >= 4 is 17.3 Å². The molecule has 2 aromatic carbocycles. The highest BCUT2D eigenvalue weighted by Crippen LogP contribution is 2.20. The molecule has 1 amide bonds. The third-order valence-electron chi connectivity index (χ3n) is 4.27. The summed E-state index contributed by atoms with van der Waals surface area (Å²) in [6, 6.07) is 16.0. The van der Waals surface area contributed by atoms with E-state index >= 15 is 0 Å². The van der Waals surface area contributed by atoms with E-state index in [4.69, 9.17) is 0 Å². The van der Waals surface area contributed by atoms with Gasteiger partial charge in [0.2, 0.25) is 0 Å². The number of nitrogens with one attached hydrogen (secondary N) is 1. The van der Waals surface area contributed by atoms with Crippen LogP contribution in [0.2, 0.25) is 0 Å². The molecule has 4 nitrogen and oxygen atoms in total. The molecule has 1 aromatic heterocycles. The molecule has 0 aliphatic rings. The molecule has 27 heavy (non-hydrogen) atoms. The van der Waals surface area contributed by atoms with E-state index in [1.165, 1.54) is 12.1 Å². The van der Waals surface area contributed by atoms with E-state index in [1.807, 2.05) is 38.1 Å². The van der Waals surface area contributed by atoms with Crippen molar-refractivity contribution in [3.63, 3.8) is 0 Å². The SMILES string of the molecule is CCN(C(=O)c1cncc(NCc2ccc(F)cc2)c1)c1cccc(C)c1. The van der Waals surface area contributed by atoms with E-state index in [0.717, 1.165) is 22.5 Å². The third-order valence-corrected chi connectivity index (χ3v) is 4.27. The molecule has 0 spiro atoms. The normalized spacial score (nSPS) is 10.5. The fraction of sp³-hybridized carbons (Fsp3) is 0.182. The number of aryl methyl sites for hydroxylation is 1. The topological polar surface area (TPSA) is 45.2 Å². The van der Waals surface area contributed by atoms with Crippen LogP contribution < -0.4 is 10.2 Å². The summed E-state index contributed by atoms with van der Waals surface area (Å²) in [6.45, 7) is 5.04. The zero-order valence-corrected chi connectivity index (χ0v) is 15.4. The maximum atomic E-state index is 13.0. The Morgan fingerprint density at radius 1 is 1.11 bits per heavy atom. The Hall–Kier alpha value is -3.21. The minimum absolute atomic E-state index is 0.0963. The molecule has 0 radical (unpaired) electrons. The number of rotatable bonds is 6. The maximum absolute atomic E-state index is 13.0. The number of pyridine rings is 1. The average molecular weight is 363 g/mol. The fourth-order valence-electron chi connectivity index (χ4n) is 2.86. The molecule has 0 aliphatic heterocycles. The summed E-state index contributed by atoms with van der Waals surface area (Å²) in [4.78, 5) is 18.9. The number of hydrogen-bond acceptors (Lipinski definition) is 3. The maximum Gasteiger partial charge on any atom is 0.259 e. The van der Waals surface area contributed by atoms with Crippen LogP contribution in [-0.2, 0) is 6.54 Å². The van der Waals surface area contributed by atoms with Crippen LogP contribution in [0.15, 0.2) is 67.0 Å². The second-order valence-electron chi connectivity index (χ2n) is 6.33. The molecule has 1 N–H and O–H groups in total. The van der Waals surface area contributed by atoms with Gasteiger partial charge in [-0.25, -0.2) is 4.39 Å². The van der Waals surface area contributed by atoms with Crippen LogP contribution in [-0.4, -0.2) is 17.4 Å². The van der Waals surface area contributed by atoms with E-state index in [-0.39, 0.29) is 11.7 Å². The Bertz CT molecular complexity index is 925. The highest BCUT2D eigenvalue weighted by Gasteiger charge is 2.17. The molecular weight excluding hydrogens is 341 g/mol. The van der Waals surface area contributed by atoms with E-state index in [0.29, 0.717) is 18.7 Å². The van der Waals surface area contributed by atoms with Crippen LogP contribution in [0.25, 0.3) is 0 Å². The molecule has 1 heterocycles. The summed E-state index contributed by atoms with van der Waals surface area (Å²) < 4.78 is 13.0. The Morgan fingerprint density at radius 2 is 1.89 bits per heavy atom. The molecule has 0 atom stereocenters. The predicted octanol–water partition coefficient (Wildman–Crippen LogP) is 4.81. The Morgan fingerprint density at radius 3 is 2.59 bits per heavy atom. The van der Waals surface area contributed by atoms with Gasteiger partial charge in [0.05, 0.1) is 11.3 Å². The van der Waals surface area contributed by atoms with Crippen molar-refractivity contribution in [2.24, 2.45) is 0 Å². The zero-order valence-electron chi connectivity index (χ0n) is 15.4. The lowest BCUT2D eigenvalue weighted by molar-refractivity contribution is 0.0988. The van der Waals surface area contributed by atoms with Gasteiger partial charge < -0.3 is 10.2 Å². The number of carbonyl (C=O) groups is 1. The van der Waals surface area contributed by atoms with Gasteiger partial charge in [-0.3, -0.25) is 9.78 Å². The van der Waals surface area contributed by atoms with E-state index in [9.17, 15) is 9.18 Å². The number of anilines is 2. The summed E-state index contributed by atoms with van der Waals surface area (Å²) in [7, 11) is 0. The Balaban J connectivity index is 1.75. The van der Waals surface area contributed by atoms with Crippen molar-refractivity contribution in [2.45, 2.75) is 20.4 Å². The van der Waals surface area contributed by atoms with Crippen LogP contribution in [0, 0.1) is 12.7 Å². The monoisotopic (exact) mass is 363 g/mol. The summed E-state index contributed by atoms with van der Waals surface area (Å²) in [6.07, 6.45) is 3.24. The van der Waals surface area contributed by atoms with Gasteiger partial charge in [-0.05, 0) is 55.3 Å². The summed E-state index contributed by atoms with van der Waals surface area (Å²) in [5.74, 6) is -0.357. The first-order valence-electron chi connectivity index (χ1n) is 8.88. The quantitative estimate of drug-likeness (QED) is 0.684. The number of hydrogen-bond donors (Lipinski definition) is 1. The number of halogens is 1. The van der Waals surface area contributed by atoms with Gasteiger partial charge in [0.25, 0.3) is 5.91 Å². The van der Waals surface area contributed by atoms with Crippen molar-refractivity contribution in [3.05, 3.63) is 89.5 Å². The first-order valence-corrected chi connectivity index (χ1v) is 8.88. The van der Waals surface area contributed by atoms with Gasteiger partial charge >= 0.3 is 0 Å². The fourth-order valence-corrected chi connectivity index (χ4v) is 2.86. The number of carbonyl (C=O) groups excluding carboxylic acids is 1. The number of benzene rings is 2. The van der Waals surface area contributed by atoms with Crippen LogP contribution >= 0.6 is 0 Å². The van der Waals surface area contributed by atoms with Crippen molar-refractivity contribution in [1.82, 2.24) is 4.98 Å². The zero-order chi connectivity index (χ0) is 19.2. The van der Waals surface area contributed by atoms with Crippen molar-refractivity contribution < 1.29 is 9.18 Å². The summed E-state index contributed by atoms with van der Waals surface area (Å²) in [5, 5.41) is 3.23. The van der Waals surface area contributed by atoms with Gasteiger partial charge in [0.1, 0.15) is 5.82 Å². The summed E-state index contributed by atoms with van der Waals surface area (Å²) in [5.41, 5.74) is 4.18. The van der Waals surface area contributed by atoms with Gasteiger partial charge in [0.15, 0.2) is 0 Å². The molecule has 3 aromatic rings. The second-order valence-corrected chi connectivity index (χ2v) is 6.33. The molecule has 0 unspecified atom stereocenters. The van der Waals surface area contributed by atoms with Gasteiger partial charge in [-0.1, -0.05) is 24.3 Å².